The van der Waals surface area contributed by atoms with E-state index >= 15 is 0 Å². The van der Waals surface area contributed by atoms with Crippen molar-refractivity contribution < 1.29 is 9.53 Å². The van der Waals surface area contributed by atoms with E-state index in [1.807, 2.05) is 24.9 Å². The Hall–Kier alpha value is -2.35. The van der Waals surface area contributed by atoms with Crippen molar-refractivity contribution in [2.45, 2.75) is 12.5 Å². The van der Waals surface area contributed by atoms with Crippen LogP contribution in [0.2, 0.25) is 5.02 Å². The monoisotopic (exact) mass is 350 g/mol. The normalized spacial score (nSPS) is 20.5. The fourth-order valence-electron chi connectivity index (χ4n) is 2.98. The second-order valence-electron chi connectivity index (χ2n) is 5.74. The second-order valence-corrected chi connectivity index (χ2v) is 6.15. The number of ether oxygens (including phenoxy) is 1. The topological polar surface area (TPSA) is 85.2 Å². The van der Waals surface area contributed by atoms with Crippen LogP contribution in [0.15, 0.2) is 18.6 Å². The van der Waals surface area contributed by atoms with Crippen LogP contribution < -0.4 is 10.1 Å². The van der Waals surface area contributed by atoms with E-state index in [0.29, 0.717) is 23.8 Å². The van der Waals surface area contributed by atoms with Gasteiger partial charge in [-0.25, -0.2) is 9.97 Å². The number of likely N-dealkylation sites (tertiary alicyclic amines) is 1. The van der Waals surface area contributed by atoms with E-state index in [4.69, 9.17) is 16.3 Å². The molecule has 0 spiro atoms. The molecule has 1 fully saturated rings. The van der Waals surface area contributed by atoms with Crippen LogP contribution in [0.1, 0.15) is 18.3 Å². The van der Waals surface area contributed by atoms with Crippen LogP contribution in [0, 0.1) is 5.92 Å². The Bertz CT molecular complexity index is 749. The maximum Gasteiger partial charge on any atom is 0.318 e. The third-order valence-corrected chi connectivity index (χ3v) is 4.53. The van der Waals surface area contributed by atoms with Crippen LogP contribution in [-0.4, -0.2) is 51.0 Å². The molecular formula is C15H19ClN6O2. The summed E-state index contributed by atoms with van der Waals surface area (Å²) < 4.78 is 6.95. The van der Waals surface area contributed by atoms with Crippen LogP contribution in [0.25, 0.3) is 0 Å². The largest absolute Gasteiger partial charge is 0.467 e. The zero-order valence-corrected chi connectivity index (χ0v) is 14.5. The minimum atomic E-state index is -0.0903. The molecule has 8 nitrogen and oxygen atoms in total. The number of carbonyl (C=O) groups is 1. The minimum Gasteiger partial charge on any atom is -0.467 e. The van der Waals surface area contributed by atoms with Gasteiger partial charge in [0.05, 0.1) is 19.3 Å². The van der Waals surface area contributed by atoms with Gasteiger partial charge in [0, 0.05) is 45.4 Å². The number of aryl methyl sites for hydroxylation is 1. The fourth-order valence-corrected chi connectivity index (χ4v) is 3.14. The molecule has 0 unspecified atom stereocenters. The molecule has 24 heavy (non-hydrogen) atoms. The molecule has 1 N–H and O–H groups in total. The maximum atomic E-state index is 12.2. The first-order valence-corrected chi connectivity index (χ1v) is 7.92. The smallest absolute Gasteiger partial charge is 0.318 e. The summed E-state index contributed by atoms with van der Waals surface area (Å²) in [5.41, 5.74) is 0. The van der Waals surface area contributed by atoms with Crippen LogP contribution >= 0.6 is 11.6 Å². The van der Waals surface area contributed by atoms with Gasteiger partial charge in [0.2, 0.25) is 5.91 Å². The highest BCUT2D eigenvalue weighted by atomic mass is 35.5. The Morgan fingerprint density at radius 2 is 2.21 bits per heavy atom. The molecule has 0 bridgehead atoms. The number of methoxy groups -OCH3 is 1. The van der Waals surface area contributed by atoms with Gasteiger partial charge in [-0.3, -0.25) is 4.79 Å². The number of imidazole rings is 1. The molecule has 3 heterocycles. The average Bonchev–Trinajstić information content (AvgIpc) is 3.10. The summed E-state index contributed by atoms with van der Waals surface area (Å²) in [4.78, 5) is 26.5. The third-order valence-electron chi connectivity index (χ3n) is 4.25. The molecule has 3 rings (SSSR count). The first kappa shape index (κ1) is 16.5. The van der Waals surface area contributed by atoms with Gasteiger partial charge in [-0.2, -0.15) is 4.98 Å². The van der Waals surface area contributed by atoms with Crippen molar-refractivity contribution in [2.75, 3.05) is 26.0 Å². The summed E-state index contributed by atoms with van der Waals surface area (Å²) in [6, 6.07) is 0.148. The number of nitrogens with zero attached hydrogens (tertiary/aromatic N) is 5. The highest BCUT2D eigenvalue weighted by molar-refractivity contribution is 6.32. The molecule has 0 saturated carbocycles. The van der Waals surface area contributed by atoms with E-state index in [1.165, 1.54) is 13.3 Å². The Morgan fingerprint density at radius 3 is 2.88 bits per heavy atom. The van der Waals surface area contributed by atoms with Gasteiger partial charge >= 0.3 is 6.01 Å². The Labute approximate surface area is 144 Å². The number of amides is 1. The van der Waals surface area contributed by atoms with Gasteiger partial charge in [0.1, 0.15) is 10.8 Å². The van der Waals surface area contributed by atoms with E-state index in [9.17, 15) is 4.79 Å². The highest BCUT2D eigenvalue weighted by Gasteiger charge is 2.40. The average molecular weight is 351 g/mol. The van der Waals surface area contributed by atoms with Gasteiger partial charge < -0.3 is 19.5 Å². The SMILES string of the molecule is COc1ncc(Cl)c(NC[C@@H]2CC(=O)N(C)[C@H]2c2nccn2C)n1. The van der Waals surface area contributed by atoms with Crippen molar-refractivity contribution >= 4 is 23.3 Å². The Kier molecular flexibility index (Phi) is 4.57. The first-order valence-electron chi connectivity index (χ1n) is 7.54. The Morgan fingerprint density at radius 1 is 1.42 bits per heavy atom. The van der Waals surface area contributed by atoms with Crippen molar-refractivity contribution in [3.8, 4) is 6.01 Å². The molecule has 2 atom stereocenters. The van der Waals surface area contributed by atoms with Gasteiger partial charge in [-0.1, -0.05) is 11.6 Å². The number of halogens is 1. The molecule has 128 valence electrons. The fraction of sp³-hybridized carbons (Fsp3) is 0.467. The molecule has 0 radical (unpaired) electrons. The summed E-state index contributed by atoms with van der Waals surface area (Å²) in [6.07, 6.45) is 5.55. The summed E-state index contributed by atoms with van der Waals surface area (Å²) >= 11 is 6.12. The van der Waals surface area contributed by atoms with Crippen LogP contribution in [0.4, 0.5) is 5.82 Å². The number of carbonyl (C=O) groups excluding carboxylic acids is 1. The lowest BCUT2D eigenvalue weighted by Gasteiger charge is -2.25. The highest BCUT2D eigenvalue weighted by Crippen LogP contribution is 2.36. The third kappa shape index (κ3) is 3.01. The quantitative estimate of drug-likeness (QED) is 0.879. The molecule has 2 aromatic heterocycles. The molecule has 1 aliphatic rings. The summed E-state index contributed by atoms with van der Waals surface area (Å²) in [5.74, 6) is 1.51. The van der Waals surface area contributed by atoms with Gasteiger partial charge in [-0.15, -0.1) is 0 Å². The number of anilines is 1. The molecule has 1 aliphatic heterocycles. The second kappa shape index (κ2) is 6.64. The molecule has 0 aliphatic carbocycles. The first-order chi connectivity index (χ1) is 11.5. The predicted octanol–water partition coefficient (Wildman–Crippen LogP) is 1.50. The van der Waals surface area contributed by atoms with E-state index in [0.717, 1.165) is 5.82 Å². The van der Waals surface area contributed by atoms with Crippen molar-refractivity contribution in [3.63, 3.8) is 0 Å². The summed E-state index contributed by atoms with van der Waals surface area (Å²) in [5, 5.41) is 3.61. The lowest BCUT2D eigenvalue weighted by Crippen LogP contribution is -2.29. The van der Waals surface area contributed by atoms with Crippen molar-refractivity contribution in [2.24, 2.45) is 13.0 Å². The standard InChI is InChI=1S/C15H19ClN6O2/c1-21-5-4-17-14(21)12-9(6-11(23)22(12)2)7-18-13-10(16)8-19-15(20-13)24-3/h4-5,8-9,12H,6-7H2,1-3H3,(H,18,19,20)/t9-,12+/m0/s1. The number of nitrogens with one attached hydrogen (secondary N) is 1. The van der Waals surface area contributed by atoms with Gasteiger partial charge in [0.15, 0.2) is 5.82 Å². The lowest BCUT2D eigenvalue weighted by molar-refractivity contribution is -0.127. The predicted molar refractivity (Wildman–Crippen MR) is 88.9 cm³/mol. The minimum absolute atomic E-state index is 0.0561. The van der Waals surface area contributed by atoms with Crippen molar-refractivity contribution in [3.05, 3.63) is 29.4 Å². The van der Waals surface area contributed by atoms with E-state index < -0.39 is 0 Å². The van der Waals surface area contributed by atoms with Crippen molar-refractivity contribution in [1.82, 2.24) is 24.4 Å². The summed E-state index contributed by atoms with van der Waals surface area (Å²) in [7, 11) is 5.23. The van der Waals surface area contributed by atoms with E-state index in [2.05, 4.69) is 20.3 Å². The lowest BCUT2D eigenvalue weighted by atomic mass is 9.99. The molecular weight excluding hydrogens is 332 g/mol. The molecule has 2 aromatic rings. The Balaban J connectivity index is 1.78. The van der Waals surface area contributed by atoms with Crippen LogP contribution in [0.5, 0.6) is 6.01 Å². The number of rotatable bonds is 5. The van der Waals surface area contributed by atoms with Gasteiger partial charge in [-0.05, 0) is 0 Å². The van der Waals surface area contributed by atoms with E-state index in [1.54, 1.807) is 11.1 Å². The number of hydrogen-bond donors (Lipinski definition) is 1. The number of hydrogen-bond acceptors (Lipinski definition) is 6. The number of aromatic nitrogens is 4. The van der Waals surface area contributed by atoms with E-state index in [-0.39, 0.29) is 23.9 Å². The molecule has 9 heteroatoms. The molecule has 1 amide bonds. The zero-order valence-electron chi connectivity index (χ0n) is 13.7. The van der Waals surface area contributed by atoms with Crippen LogP contribution in [0.3, 0.4) is 0 Å². The molecule has 0 aromatic carbocycles. The zero-order chi connectivity index (χ0) is 17.3. The summed E-state index contributed by atoms with van der Waals surface area (Å²) in [6.45, 7) is 0.535. The van der Waals surface area contributed by atoms with Gasteiger partial charge in [0.25, 0.3) is 0 Å². The van der Waals surface area contributed by atoms with Crippen molar-refractivity contribution in [1.29, 1.82) is 0 Å². The molecule has 1 saturated heterocycles. The van der Waals surface area contributed by atoms with Crippen LogP contribution in [-0.2, 0) is 11.8 Å². The maximum absolute atomic E-state index is 12.2.